The molecule has 1 aromatic carbocycles. The molecule has 0 spiro atoms. The number of hydrogen-bond acceptors (Lipinski definition) is 4. The molecule has 1 aromatic heterocycles. The Bertz CT molecular complexity index is 968. The molecule has 2 amide bonds. The molecule has 5 rings (SSSR count). The third kappa shape index (κ3) is 2.38. The molecule has 3 fully saturated rings. The van der Waals surface area contributed by atoms with E-state index in [1.807, 2.05) is 5.38 Å². The lowest BCUT2D eigenvalue weighted by Gasteiger charge is -2.18. The molecule has 4 atom stereocenters. The number of thiazole rings is 1. The fraction of sp³-hybridized carbons (Fsp3) is 0.435. The first-order valence-electron chi connectivity index (χ1n) is 10.1. The van der Waals surface area contributed by atoms with Crippen LogP contribution in [-0.4, -0.2) is 16.8 Å². The van der Waals surface area contributed by atoms with Crippen LogP contribution in [0.15, 0.2) is 40.8 Å². The first-order valence-corrected chi connectivity index (χ1v) is 11.0. The van der Waals surface area contributed by atoms with E-state index in [0.717, 1.165) is 30.5 Å². The molecule has 1 aliphatic heterocycles. The fourth-order valence-electron chi connectivity index (χ4n) is 5.59. The van der Waals surface area contributed by atoms with Crippen molar-refractivity contribution in [1.29, 1.82) is 0 Å². The molecule has 144 valence electrons. The summed E-state index contributed by atoms with van der Waals surface area (Å²) in [6.45, 7) is 6.36. The summed E-state index contributed by atoms with van der Waals surface area (Å²) >= 11 is 1.39. The van der Waals surface area contributed by atoms with Crippen molar-refractivity contribution in [3.8, 4) is 11.3 Å². The number of allylic oxidation sites excluding steroid dienone is 2. The van der Waals surface area contributed by atoms with Crippen molar-refractivity contribution in [2.45, 2.75) is 40.0 Å². The van der Waals surface area contributed by atoms with Crippen LogP contribution in [0.25, 0.3) is 11.3 Å². The number of benzene rings is 1. The molecule has 5 heteroatoms. The molecule has 0 unspecified atom stereocenters. The maximum absolute atomic E-state index is 13.2. The Hall–Kier alpha value is -2.27. The third-order valence-corrected chi connectivity index (χ3v) is 7.60. The lowest BCUT2D eigenvalue weighted by Crippen LogP contribution is -2.33. The van der Waals surface area contributed by atoms with E-state index in [4.69, 9.17) is 0 Å². The number of anilines is 1. The highest BCUT2D eigenvalue weighted by molar-refractivity contribution is 7.14. The number of aromatic nitrogens is 1. The van der Waals surface area contributed by atoms with Crippen LogP contribution in [0.1, 0.15) is 39.2 Å². The molecule has 2 aliphatic carbocycles. The van der Waals surface area contributed by atoms with Crippen molar-refractivity contribution in [1.82, 2.24) is 4.98 Å². The van der Waals surface area contributed by atoms with Crippen molar-refractivity contribution in [2.75, 3.05) is 4.90 Å². The van der Waals surface area contributed by atoms with E-state index in [1.54, 1.807) is 0 Å². The number of nitrogens with zero attached hydrogens (tertiary/aromatic N) is 2. The number of carbonyl (C=O) groups is 2. The van der Waals surface area contributed by atoms with E-state index in [2.05, 4.69) is 50.0 Å². The van der Waals surface area contributed by atoms with Crippen LogP contribution >= 0.6 is 11.3 Å². The zero-order valence-corrected chi connectivity index (χ0v) is 17.3. The van der Waals surface area contributed by atoms with Crippen molar-refractivity contribution >= 4 is 28.3 Å². The number of hydrogen-bond donors (Lipinski definition) is 0. The molecule has 2 saturated carbocycles. The van der Waals surface area contributed by atoms with Crippen LogP contribution in [0.2, 0.25) is 0 Å². The van der Waals surface area contributed by atoms with Crippen LogP contribution in [0, 0.1) is 23.7 Å². The van der Waals surface area contributed by atoms with Crippen molar-refractivity contribution < 1.29 is 9.59 Å². The molecule has 1 saturated heterocycles. The second-order valence-electron chi connectivity index (χ2n) is 8.37. The molecule has 3 aliphatic rings. The first-order chi connectivity index (χ1) is 13.5. The smallest absolute Gasteiger partial charge is 0.240 e. The first kappa shape index (κ1) is 17.8. The van der Waals surface area contributed by atoms with E-state index in [0.29, 0.717) is 5.13 Å². The predicted molar refractivity (Wildman–Crippen MR) is 111 cm³/mol. The number of carbonyl (C=O) groups excluding carboxylic acids is 2. The SMILES string of the molecule is CCc1ccc(-c2csc(N3C(=O)[C@@H]4[C@H](C3=O)[C@@H]3CC[C@H]4C3=C(C)C)n2)cc1. The van der Waals surface area contributed by atoms with Crippen LogP contribution in [0.3, 0.4) is 0 Å². The number of rotatable bonds is 3. The van der Waals surface area contributed by atoms with Crippen LogP contribution in [0.4, 0.5) is 5.13 Å². The minimum atomic E-state index is -0.174. The van der Waals surface area contributed by atoms with E-state index in [1.165, 1.54) is 32.9 Å². The molecule has 2 aromatic rings. The zero-order chi connectivity index (χ0) is 19.6. The van der Waals surface area contributed by atoms with Crippen molar-refractivity contribution in [3.63, 3.8) is 0 Å². The van der Waals surface area contributed by atoms with Crippen LogP contribution in [-0.2, 0) is 16.0 Å². The Kier molecular flexibility index (Phi) is 4.05. The second-order valence-corrected chi connectivity index (χ2v) is 9.21. The summed E-state index contributed by atoms with van der Waals surface area (Å²) in [6.07, 6.45) is 3.07. The Balaban J connectivity index is 1.46. The van der Waals surface area contributed by atoms with Gasteiger partial charge in [-0.1, -0.05) is 42.3 Å². The molecule has 2 bridgehead atoms. The molecule has 0 N–H and O–H groups in total. The molecule has 28 heavy (non-hydrogen) atoms. The van der Waals surface area contributed by atoms with Gasteiger partial charge in [-0.25, -0.2) is 9.88 Å². The average Bonchev–Trinajstić information content (AvgIpc) is 3.44. The van der Waals surface area contributed by atoms with Gasteiger partial charge in [0, 0.05) is 10.9 Å². The Morgan fingerprint density at radius 1 is 1.07 bits per heavy atom. The van der Waals surface area contributed by atoms with Gasteiger partial charge in [0.15, 0.2) is 5.13 Å². The Labute approximate surface area is 169 Å². The van der Waals surface area contributed by atoms with E-state index >= 15 is 0 Å². The minimum Gasteiger partial charge on any atom is -0.274 e. The lowest BCUT2D eigenvalue weighted by atomic mass is 9.81. The van der Waals surface area contributed by atoms with Gasteiger partial charge < -0.3 is 0 Å². The summed E-state index contributed by atoms with van der Waals surface area (Å²) < 4.78 is 0. The maximum atomic E-state index is 13.2. The van der Waals surface area contributed by atoms with Gasteiger partial charge in [0.05, 0.1) is 17.5 Å². The van der Waals surface area contributed by atoms with Crippen LogP contribution in [0.5, 0.6) is 0 Å². The third-order valence-electron chi connectivity index (χ3n) is 6.77. The average molecular weight is 393 g/mol. The molecule has 4 nitrogen and oxygen atoms in total. The Morgan fingerprint density at radius 2 is 1.68 bits per heavy atom. The van der Waals surface area contributed by atoms with Gasteiger partial charge in [0.25, 0.3) is 0 Å². The largest absolute Gasteiger partial charge is 0.274 e. The quantitative estimate of drug-likeness (QED) is 0.554. The van der Waals surface area contributed by atoms with Gasteiger partial charge >= 0.3 is 0 Å². The van der Waals surface area contributed by atoms with Crippen molar-refractivity contribution in [2.24, 2.45) is 23.7 Å². The molecule has 2 heterocycles. The molecular formula is C23H24N2O2S. The lowest BCUT2D eigenvalue weighted by molar-refractivity contribution is -0.123. The standard InChI is InChI=1S/C23H24N2O2S/c1-4-13-5-7-14(8-6-13)17-11-28-23(24-17)25-21(26)19-15-9-10-16(18(15)12(2)3)20(19)22(25)27/h5-8,11,15-16,19-20H,4,9-10H2,1-3H3/t15-,16+,19-,20+. The van der Waals surface area contributed by atoms with Gasteiger partial charge in [-0.05, 0) is 50.5 Å². The monoisotopic (exact) mass is 392 g/mol. The predicted octanol–water partition coefficient (Wildman–Crippen LogP) is 4.85. The molecule has 0 radical (unpaired) electrons. The number of aryl methyl sites for hydroxylation is 1. The minimum absolute atomic E-state index is 0.0387. The van der Waals surface area contributed by atoms with E-state index in [-0.39, 0.29) is 35.5 Å². The van der Waals surface area contributed by atoms with E-state index in [9.17, 15) is 9.59 Å². The van der Waals surface area contributed by atoms with Gasteiger partial charge in [0.2, 0.25) is 11.8 Å². The summed E-state index contributed by atoms with van der Waals surface area (Å²) in [5, 5.41) is 2.47. The number of imide groups is 1. The summed E-state index contributed by atoms with van der Waals surface area (Å²) in [7, 11) is 0. The normalized spacial score (nSPS) is 28.4. The summed E-state index contributed by atoms with van der Waals surface area (Å²) in [5.41, 5.74) is 5.80. The van der Waals surface area contributed by atoms with Gasteiger partial charge in [0.1, 0.15) is 0 Å². The van der Waals surface area contributed by atoms with Crippen molar-refractivity contribution in [3.05, 3.63) is 46.4 Å². The van der Waals surface area contributed by atoms with Gasteiger partial charge in [-0.3, -0.25) is 9.59 Å². The summed E-state index contributed by atoms with van der Waals surface area (Å²) in [5.74, 6) is 0.0796. The molecular weight excluding hydrogens is 368 g/mol. The number of fused-ring (bicyclic) bond motifs is 5. The summed E-state index contributed by atoms with van der Waals surface area (Å²) in [4.78, 5) is 32.5. The van der Waals surface area contributed by atoms with Crippen LogP contribution < -0.4 is 4.90 Å². The number of amides is 2. The highest BCUT2D eigenvalue weighted by atomic mass is 32.1. The van der Waals surface area contributed by atoms with Gasteiger partial charge in [-0.2, -0.15) is 0 Å². The van der Waals surface area contributed by atoms with Gasteiger partial charge in [-0.15, -0.1) is 11.3 Å². The fourth-order valence-corrected chi connectivity index (χ4v) is 6.43. The Morgan fingerprint density at radius 3 is 2.21 bits per heavy atom. The highest BCUT2D eigenvalue weighted by Crippen LogP contribution is 2.60. The zero-order valence-electron chi connectivity index (χ0n) is 16.4. The maximum Gasteiger partial charge on any atom is 0.240 e. The second kappa shape index (κ2) is 6.38. The topological polar surface area (TPSA) is 50.3 Å². The van der Waals surface area contributed by atoms with E-state index < -0.39 is 0 Å². The highest BCUT2D eigenvalue weighted by Gasteiger charge is 2.64. The summed E-state index contributed by atoms with van der Waals surface area (Å²) in [6, 6.07) is 8.32.